The van der Waals surface area contributed by atoms with Gasteiger partial charge >= 0.3 is 0 Å². The molecule has 21 heavy (non-hydrogen) atoms. The van der Waals surface area contributed by atoms with E-state index in [0.29, 0.717) is 6.42 Å². The van der Waals surface area contributed by atoms with Crippen LogP contribution in [0.2, 0.25) is 0 Å². The SMILES string of the molecule is COc1ccc(CC(C)(O)c2cc(C)cc(C)c2)cc1Br. The van der Waals surface area contributed by atoms with Gasteiger partial charge in [0, 0.05) is 6.42 Å². The van der Waals surface area contributed by atoms with Crippen molar-refractivity contribution in [1.29, 1.82) is 0 Å². The predicted octanol–water partition coefficient (Wildman–Crippen LogP) is 4.52. The molecule has 1 N–H and O–H groups in total. The van der Waals surface area contributed by atoms with Crippen molar-refractivity contribution < 1.29 is 9.84 Å². The number of methoxy groups -OCH3 is 1. The van der Waals surface area contributed by atoms with Crippen LogP contribution in [0.1, 0.15) is 29.2 Å². The summed E-state index contributed by atoms with van der Waals surface area (Å²) in [4.78, 5) is 0. The molecule has 0 aromatic heterocycles. The number of aryl methyl sites for hydroxylation is 2. The monoisotopic (exact) mass is 348 g/mol. The van der Waals surface area contributed by atoms with E-state index in [1.165, 1.54) is 11.1 Å². The van der Waals surface area contributed by atoms with Crippen LogP contribution in [0.3, 0.4) is 0 Å². The van der Waals surface area contributed by atoms with Gasteiger partial charge in [-0.3, -0.25) is 0 Å². The Hall–Kier alpha value is -1.32. The molecule has 0 saturated heterocycles. The Kier molecular flexibility index (Phi) is 4.74. The van der Waals surface area contributed by atoms with Crippen molar-refractivity contribution in [3.63, 3.8) is 0 Å². The highest BCUT2D eigenvalue weighted by Crippen LogP contribution is 2.31. The van der Waals surface area contributed by atoms with Crippen LogP contribution in [-0.2, 0) is 12.0 Å². The number of hydrogen-bond acceptors (Lipinski definition) is 2. The first-order chi connectivity index (χ1) is 9.81. The van der Waals surface area contributed by atoms with Gasteiger partial charge in [-0.1, -0.05) is 35.4 Å². The van der Waals surface area contributed by atoms with E-state index < -0.39 is 5.60 Å². The molecule has 2 aromatic rings. The first-order valence-corrected chi connectivity index (χ1v) is 7.75. The molecule has 2 rings (SSSR count). The van der Waals surface area contributed by atoms with Crippen molar-refractivity contribution in [3.8, 4) is 5.75 Å². The number of hydrogen-bond donors (Lipinski definition) is 1. The quantitative estimate of drug-likeness (QED) is 0.879. The van der Waals surface area contributed by atoms with Crippen LogP contribution in [0.5, 0.6) is 5.75 Å². The molecule has 112 valence electrons. The van der Waals surface area contributed by atoms with E-state index in [0.717, 1.165) is 21.3 Å². The van der Waals surface area contributed by atoms with Gasteiger partial charge in [0.25, 0.3) is 0 Å². The van der Waals surface area contributed by atoms with E-state index in [-0.39, 0.29) is 0 Å². The Morgan fingerprint density at radius 2 is 1.71 bits per heavy atom. The maximum Gasteiger partial charge on any atom is 0.133 e. The lowest BCUT2D eigenvalue weighted by Crippen LogP contribution is -2.24. The minimum atomic E-state index is -0.898. The number of halogens is 1. The van der Waals surface area contributed by atoms with E-state index >= 15 is 0 Å². The Bertz CT molecular complexity index is 627. The molecule has 0 amide bonds. The summed E-state index contributed by atoms with van der Waals surface area (Å²) in [5.41, 5.74) is 3.45. The van der Waals surface area contributed by atoms with Crippen LogP contribution < -0.4 is 4.74 Å². The highest BCUT2D eigenvalue weighted by Gasteiger charge is 2.24. The van der Waals surface area contributed by atoms with Crippen molar-refractivity contribution >= 4 is 15.9 Å². The number of aliphatic hydroxyl groups is 1. The van der Waals surface area contributed by atoms with Gasteiger partial charge in [-0.2, -0.15) is 0 Å². The van der Waals surface area contributed by atoms with Gasteiger partial charge in [0.15, 0.2) is 0 Å². The zero-order chi connectivity index (χ0) is 15.6. The van der Waals surface area contributed by atoms with Gasteiger partial charge < -0.3 is 9.84 Å². The summed E-state index contributed by atoms with van der Waals surface area (Å²) in [5, 5.41) is 10.9. The number of rotatable bonds is 4. The maximum atomic E-state index is 10.9. The Labute approximate surface area is 134 Å². The summed E-state index contributed by atoms with van der Waals surface area (Å²) in [6.45, 7) is 5.96. The van der Waals surface area contributed by atoms with E-state index in [9.17, 15) is 5.11 Å². The van der Waals surface area contributed by atoms with Gasteiger partial charge in [-0.05, 0) is 60.0 Å². The summed E-state index contributed by atoms with van der Waals surface area (Å²) in [6.07, 6.45) is 0.554. The number of ether oxygens (including phenoxy) is 1. The normalized spacial score (nSPS) is 13.8. The van der Waals surface area contributed by atoms with Crippen molar-refractivity contribution in [2.24, 2.45) is 0 Å². The van der Waals surface area contributed by atoms with Crippen molar-refractivity contribution in [1.82, 2.24) is 0 Å². The van der Waals surface area contributed by atoms with Crippen LogP contribution >= 0.6 is 15.9 Å². The highest BCUT2D eigenvalue weighted by molar-refractivity contribution is 9.10. The van der Waals surface area contributed by atoms with E-state index in [1.807, 2.05) is 37.3 Å². The van der Waals surface area contributed by atoms with Gasteiger partial charge in [-0.25, -0.2) is 0 Å². The van der Waals surface area contributed by atoms with Crippen molar-refractivity contribution in [3.05, 3.63) is 63.1 Å². The Morgan fingerprint density at radius 3 is 2.24 bits per heavy atom. The van der Waals surface area contributed by atoms with Crippen LogP contribution in [0.15, 0.2) is 40.9 Å². The Morgan fingerprint density at radius 1 is 1.10 bits per heavy atom. The first-order valence-electron chi connectivity index (χ1n) is 6.95. The molecule has 2 aromatic carbocycles. The fraction of sp³-hybridized carbons (Fsp3) is 0.333. The van der Waals surface area contributed by atoms with Crippen LogP contribution in [0.4, 0.5) is 0 Å². The molecule has 3 heteroatoms. The zero-order valence-corrected chi connectivity index (χ0v) is 14.5. The number of benzene rings is 2. The fourth-order valence-electron chi connectivity index (χ4n) is 2.61. The lowest BCUT2D eigenvalue weighted by atomic mass is 9.87. The van der Waals surface area contributed by atoms with Crippen LogP contribution in [-0.4, -0.2) is 12.2 Å². The topological polar surface area (TPSA) is 29.5 Å². The predicted molar refractivity (Wildman–Crippen MR) is 89.9 cm³/mol. The van der Waals surface area contributed by atoms with E-state index in [2.05, 4.69) is 35.8 Å². The van der Waals surface area contributed by atoms with Crippen LogP contribution in [0, 0.1) is 13.8 Å². The Balaban J connectivity index is 2.30. The summed E-state index contributed by atoms with van der Waals surface area (Å²) in [6, 6.07) is 12.1. The average Bonchev–Trinajstić information content (AvgIpc) is 2.37. The molecule has 0 aliphatic rings. The first kappa shape index (κ1) is 16.1. The minimum absolute atomic E-state index is 0.554. The maximum absolute atomic E-state index is 10.9. The third-order valence-corrected chi connectivity index (χ3v) is 4.23. The summed E-state index contributed by atoms with van der Waals surface area (Å²) >= 11 is 3.49. The molecule has 1 atom stereocenters. The molecule has 0 aliphatic carbocycles. The fourth-order valence-corrected chi connectivity index (χ4v) is 3.19. The van der Waals surface area contributed by atoms with Crippen LogP contribution in [0.25, 0.3) is 0 Å². The third kappa shape index (κ3) is 3.86. The highest BCUT2D eigenvalue weighted by atomic mass is 79.9. The molecular weight excluding hydrogens is 328 g/mol. The second-order valence-electron chi connectivity index (χ2n) is 5.80. The molecule has 2 nitrogen and oxygen atoms in total. The summed E-state index contributed by atoms with van der Waals surface area (Å²) in [5.74, 6) is 0.796. The molecule has 1 unspecified atom stereocenters. The molecule has 0 heterocycles. The van der Waals surface area contributed by atoms with Crippen molar-refractivity contribution in [2.75, 3.05) is 7.11 Å². The van der Waals surface area contributed by atoms with E-state index in [1.54, 1.807) is 7.11 Å². The lowest BCUT2D eigenvalue weighted by Gasteiger charge is -2.25. The minimum Gasteiger partial charge on any atom is -0.496 e. The molecule has 0 radical (unpaired) electrons. The van der Waals surface area contributed by atoms with E-state index in [4.69, 9.17) is 4.74 Å². The summed E-state index contributed by atoms with van der Waals surface area (Å²) in [7, 11) is 1.64. The van der Waals surface area contributed by atoms with Gasteiger partial charge in [0.05, 0.1) is 17.2 Å². The average molecular weight is 349 g/mol. The molecule has 0 aliphatic heterocycles. The molecular formula is C18H21BrO2. The molecule has 0 spiro atoms. The van der Waals surface area contributed by atoms with Gasteiger partial charge in [0.2, 0.25) is 0 Å². The van der Waals surface area contributed by atoms with Gasteiger partial charge in [0.1, 0.15) is 5.75 Å². The molecule has 0 bridgehead atoms. The van der Waals surface area contributed by atoms with Crippen molar-refractivity contribution in [2.45, 2.75) is 32.8 Å². The lowest BCUT2D eigenvalue weighted by molar-refractivity contribution is 0.0575. The zero-order valence-electron chi connectivity index (χ0n) is 12.9. The second-order valence-corrected chi connectivity index (χ2v) is 6.65. The standard InChI is InChI=1S/C18H21BrO2/c1-12-7-13(2)9-15(8-12)18(3,20)11-14-5-6-17(21-4)16(19)10-14/h5-10,20H,11H2,1-4H3. The largest absolute Gasteiger partial charge is 0.496 e. The smallest absolute Gasteiger partial charge is 0.133 e. The summed E-state index contributed by atoms with van der Waals surface area (Å²) < 4.78 is 6.14. The third-order valence-electron chi connectivity index (χ3n) is 3.61. The van der Waals surface area contributed by atoms with Gasteiger partial charge in [-0.15, -0.1) is 0 Å². The molecule has 0 fully saturated rings. The molecule has 0 saturated carbocycles. The second kappa shape index (κ2) is 6.20.